The molecule has 0 aliphatic rings. The number of ether oxygens (including phenoxy) is 1. The molecule has 6 heteroatoms. The van der Waals surface area contributed by atoms with E-state index >= 15 is 0 Å². The standard InChI is InChI=1S/C15H21BrN2O3/c1-10(2)8-18(9-11(3)15(20)21-4)14(19)12-5-13(16)7-17-6-12/h5-7,10-11H,8-9H2,1-4H3. The van der Waals surface area contributed by atoms with Gasteiger partial charge in [0.1, 0.15) is 0 Å². The van der Waals surface area contributed by atoms with Crippen LogP contribution in [-0.4, -0.2) is 42.0 Å². The van der Waals surface area contributed by atoms with Crippen LogP contribution in [0.25, 0.3) is 0 Å². The van der Waals surface area contributed by atoms with Gasteiger partial charge in [-0.25, -0.2) is 0 Å². The van der Waals surface area contributed by atoms with E-state index in [0.29, 0.717) is 24.6 Å². The lowest BCUT2D eigenvalue weighted by Crippen LogP contribution is -2.39. The highest BCUT2D eigenvalue weighted by atomic mass is 79.9. The van der Waals surface area contributed by atoms with Gasteiger partial charge in [0.25, 0.3) is 5.91 Å². The topological polar surface area (TPSA) is 59.5 Å². The summed E-state index contributed by atoms with van der Waals surface area (Å²) < 4.78 is 5.47. The van der Waals surface area contributed by atoms with Crippen LogP contribution in [0.3, 0.4) is 0 Å². The number of hydrogen-bond donors (Lipinski definition) is 0. The molecule has 5 nitrogen and oxygen atoms in total. The van der Waals surface area contributed by atoms with Crippen molar-refractivity contribution in [3.8, 4) is 0 Å². The second-order valence-electron chi connectivity index (χ2n) is 5.42. The third-order valence-corrected chi connectivity index (χ3v) is 3.36. The van der Waals surface area contributed by atoms with E-state index in [9.17, 15) is 9.59 Å². The Morgan fingerprint density at radius 2 is 1.95 bits per heavy atom. The van der Waals surface area contributed by atoms with E-state index in [1.54, 1.807) is 24.1 Å². The number of carbonyl (C=O) groups excluding carboxylic acids is 2. The molecule has 0 saturated heterocycles. The highest BCUT2D eigenvalue weighted by Crippen LogP contribution is 2.14. The molecular formula is C15H21BrN2O3. The molecular weight excluding hydrogens is 336 g/mol. The zero-order chi connectivity index (χ0) is 16.0. The van der Waals surface area contributed by atoms with Crippen LogP contribution in [0.15, 0.2) is 22.9 Å². The maximum Gasteiger partial charge on any atom is 0.310 e. The molecule has 1 rings (SSSR count). The van der Waals surface area contributed by atoms with Crippen LogP contribution in [0.5, 0.6) is 0 Å². The fourth-order valence-electron chi connectivity index (χ4n) is 2.00. The fraction of sp³-hybridized carbons (Fsp3) is 0.533. The van der Waals surface area contributed by atoms with Crippen molar-refractivity contribution in [2.75, 3.05) is 20.2 Å². The monoisotopic (exact) mass is 356 g/mol. The van der Waals surface area contributed by atoms with Gasteiger partial charge in [-0.2, -0.15) is 0 Å². The van der Waals surface area contributed by atoms with Gasteiger partial charge in [-0.15, -0.1) is 0 Å². The number of methoxy groups -OCH3 is 1. The molecule has 1 atom stereocenters. The van der Waals surface area contributed by atoms with Crippen LogP contribution in [0.4, 0.5) is 0 Å². The minimum absolute atomic E-state index is 0.131. The Bertz CT molecular complexity index is 505. The SMILES string of the molecule is COC(=O)C(C)CN(CC(C)C)C(=O)c1cncc(Br)c1. The Labute approximate surface area is 133 Å². The van der Waals surface area contributed by atoms with Crippen molar-refractivity contribution in [2.24, 2.45) is 11.8 Å². The van der Waals surface area contributed by atoms with Crippen molar-refractivity contribution in [3.63, 3.8) is 0 Å². The third kappa shape index (κ3) is 5.46. The summed E-state index contributed by atoms with van der Waals surface area (Å²) >= 11 is 3.31. The molecule has 1 unspecified atom stereocenters. The smallest absolute Gasteiger partial charge is 0.310 e. The molecule has 0 bridgehead atoms. The molecule has 1 amide bonds. The second kappa shape index (κ2) is 8.12. The van der Waals surface area contributed by atoms with Gasteiger partial charge in [0.05, 0.1) is 18.6 Å². The quantitative estimate of drug-likeness (QED) is 0.735. The van der Waals surface area contributed by atoms with Gasteiger partial charge in [0.15, 0.2) is 0 Å². The predicted octanol–water partition coefficient (Wildman–Crippen LogP) is 2.75. The van der Waals surface area contributed by atoms with E-state index in [2.05, 4.69) is 20.9 Å². The largest absolute Gasteiger partial charge is 0.469 e. The number of hydrogen-bond acceptors (Lipinski definition) is 4. The fourth-order valence-corrected chi connectivity index (χ4v) is 2.36. The van der Waals surface area contributed by atoms with E-state index in [-0.39, 0.29) is 17.8 Å². The molecule has 0 aliphatic carbocycles. The summed E-state index contributed by atoms with van der Waals surface area (Å²) in [6.45, 7) is 6.72. The minimum Gasteiger partial charge on any atom is -0.469 e. The molecule has 21 heavy (non-hydrogen) atoms. The van der Waals surface area contributed by atoms with Gasteiger partial charge in [-0.05, 0) is 27.9 Å². The Balaban J connectivity index is 2.91. The van der Waals surface area contributed by atoms with Crippen LogP contribution in [0.2, 0.25) is 0 Å². The minimum atomic E-state index is -0.363. The summed E-state index contributed by atoms with van der Waals surface area (Å²) in [6, 6.07) is 1.73. The van der Waals surface area contributed by atoms with Crippen molar-refractivity contribution in [1.29, 1.82) is 0 Å². The van der Waals surface area contributed by atoms with Crippen LogP contribution < -0.4 is 0 Å². The third-order valence-electron chi connectivity index (χ3n) is 2.92. The number of esters is 1. The first kappa shape index (κ1) is 17.6. The maximum atomic E-state index is 12.6. The highest BCUT2D eigenvalue weighted by Gasteiger charge is 2.23. The number of nitrogens with zero attached hydrogens (tertiary/aromatic N) is 2. The molecule has 0 spiro atoms. The van der Waals surface area contributed by atoms with E-state index in [0.717, 1.165) is 4.47 Å². The van der Waals surface area contributed by atoms with Crippen molar-refractivity contribution < 1.29 is 14.3 Å². The number of aromatic nitrogens is 1. The molecule has 0 aliphatic heterocycles. The van der Waals surface area contributed by atoms with Gasteiger partial charge < -0.3 is 9.64 Å². The van der Waals surface area contributed by atoms with E-state index in [1.165, 1.54) is 13.3 Å². The first-order chi connectivity index (χ1) is 9.85. The number of halogens is 1. The van der Waals surface area contributed by atoms with Gasteiger partial charge >= 0.3 is 5.97 Å². The average Bonchev–Trinajstić information content (AvgIpc) is 2.44. The summed E-state index contributed by atoms with van der Waals surface area (Å²) in [4.78, 5) is 29.8. The van der Waals surface area contributed by atoms with Gasteiger partial charge in [-0.1, -0.05) is 20.8 Å². The Hall–Kier alpha value is -1.43. The first-order valence-corrected chi connectivity index (χ1v) is 7.62. The highest BCUT2D eigenvalue weighted by molar-refractivity contribution is 9.10. The molecule has 0 aromatic carbocycles. The van der Waals surface area contributed by atoms with Gasteiger partial charge in [-0.3, -0.25) is 14.6 Å². The van der Waals surface area contributed by atoms with E-state index < -0.39 is 0 Å². The van der Waals surface area contributed by atoms with E-state index in [4.69, 9.17) is 4.74 Å². The van der Waals surface area contributed by atoms with Crippen LogP contribution >= 0.6 is 15.9 Å². The summed E-state index contributed by atoms with van der Waals surface area (Å²) in [6.07, 6.45) is 3.16. The average molecular weight is 357 g/mol. The lowest BCUT2D eigenvalue weighted by atomic mass is 10.1. The van der Waals surface area contributed by atoms with E-state index in [1.807, 2.05) is 13.8 Å². The van der Waals surface area contributed by atoms with Crippen LogP contribution in [0.1, 0.15) is 31.1 Å². The Morgan fingerprint density at radius 3 is 2.48 bits per heavy atom. The summed E-state index contributed by atoms with van der Waals surface area (Å²) in [5.41, 5.74) is 0.502. The number of rotatable bonds is 6. The van der Waals surface area contributed by atoms with Crippen molar-refractivity contribution in [2.45, 2.75) is 20.8 Å². The van der Waals surface area contributed by atoms with Crippen LogP contribution in [0, 0.1) is 11.8 Å². The Morgan fingerprint density at radius 1 is 1.29 bits per heavy atom. The molecule has 116 valence electrons. The summed E-state index contributed by atoms with van der Waals surface area (Å²) in [5, 5.41) is 0. The van der Waals surface area contributed by atoms with Crippen molar-refractivity contribution in [3.05, 3.63) is 28.5 Å². The number of carbonyl (C=O) groups is 2. The summed E-state index contributed by atoms with van der Waals surface area (Å²) in [7, 11) is 1.35. The molecule has 1 aromatic rings. The zero-order valence-electron chi connectivity index (χ0n) is 12.8. The second-order valence-corrected chi connectivity index (χ2v) is 6.34. The molecule has 1 heterocycles. The predicted molar refractivity (Wildman–Crippen MR) is 83.9 cm³/mol. The Kier molecular flexibility index (Phi) is 6.81. The van der Waals surface area contributed by atoms with Crippen molar-refractivity contribution in [1.82, 2.24) is 9.88 Å². The summed E-state index contributed by atoms with van der Waals surface area (Å²) in [5.74, 6) is -0.506. The normalized spacial score (nSPS) is 12.1. The molecule has 0 saturated carbocycles. The zero-order valence-corrected chi connectivity index (χ0v) is 14.4. The van der Waals surface area contributed by atoms with Crippen LogP contribution in [-0.2, 0) is 9.53 Å². The number of pyridine rings is 1. The first-order valence-electron chi connectivity index (χ1n) is 6.82. The molecule has 0 N–H and O–H groups in total. The van der Waals surface area contributed by atoms with Crippen molar-refractivity contribution >= 4 is 27.8 Å². The lowest BCUT2D eigenvalue weighted by Gasteiger charge is -2.26. The molecule has 1 aromatic heterocycles. The van der Waals surface area contributed by atoms with Gasteiger partial charge in [0, 0.05) is 30.0 Å². The number of amides is 1. The molecule has 0 radical (unpaired) electrons. The van der Waals surface area contributed by atoms with Gasteiger partial charge in [0.2, 0.25) is 0 Å². The lowest BCUT2D eigenvalue weighted by molar-refractivity contribution is -0.145. The maximum absolute atomic E-state index is 12.6. The molecule has 0 fully saturated rings.